The van der Waals surface area contributed by atoms with Gasteiger partial charge in [0.1, 0.15) is 0 Å². The lowest BCUT2D eigenvalue weighted by molar-refractivity contribution is -0.189. The van der Waals surface area contributed by atoms with Crippen LogP contribution in [0.5, 0.6) is 0 Å². The first kappa shape index (κ1) is 15.4. The summed E-state index contributed by atoms with van der Waals surface area (Å²) in [6, 6.07) is -0.591. The van der Waals surface area contributed by atoms with Gasteiger partial charge in [-0.3, -0.25) is 4.68 Å². The minimum Gasteiger partial charge on any atom is -0.307 e. The van der Waals surface area contributed by atoms with E-state index in [2.05, 4.69) is 10.4 Å². The molecule has 1 saturated carbocycles. The van der Waals surface area contributed by atoms with E-state index in [0.717, 1.165) is 18.5 Å². The van der Waals surface area contributed by atoms with E-state index in [9.17, 15) is 13.2 Å². The third-order valence-electron chi connectivity index (χ3n) is 4.13. The molecule has 3 atom stereocenters. The number of hydrogen-bond acceptors (Lipinski definition) is 2. The van der Waals surface area contributed by atoms with E-state index < -0.39 is 18.1 Å². The van der Waals surface area contributed by atoms with Crippen molar-refractivity contribution in [3.8, 4) is 0 Å². The van der Waals surface area contributed by atoms with E-state index in [1.54, 1.807) is 10.9 Å². The van der Waals surface area contributed by atoms with Gasteiger partial charge >= 0.3 is 6.18 Å². The fourth-order valence-corrected chi connectivity index (χ4v) is 2.92. The Balaban J connectivity index is 2.02. The van der Waals surface area contributed by atoms with Crippen molar-refractivity contribution in [1.82, 2.24) is 15.1 Å². The van der Waals surface area contributed by atoms with Crippen LogP contribution < -0.4 is 5.32 Å². The summed E-state index contributed by atoms with van der Waals surface area (Å²) in [7, 11) is 0. The van der Waals surface area contributed by atoms with Gasteiger partial charge in [-0.05, 0) is 26.7 Å². The highest BCUT2D eigenvalue weighted by atomic mass is 19.4. The Bertz CT molecular complexity index is 428. The smallest absolute Gasteiger partial charge is 0.307 e. The van der Waals surface area contributed by atoms with Crippen LogP contribution in [0.3, 0.4) is 0 Å². The van der Waals surface area contributed by atoms with E-state index in [1.807, 2.05) is 20.0 Å². The monoisotopic (exact) mass is 289 g/mol. The van der Waals surface area contributed by atoms with Crippen molar-refractivity contribution in [2.75, 3.05) is 0 Å². The Labute approximate surface area is 117 Å². The zero-order chi connectivity index (χ0) is 14.8. The highest BCUT2D eigenvalue weighted by Crippen LogP contribution is 2.38. The fourth-order valence-electron chi connectivity index (χ4n) is 2.92. The van der Waals surface area contributed by atoms with Gasteiger partial charge in [-0.25, -0.2) is 0 Å². The predicted octanol–water partition coefficient (Wildman–Crippen LogP) is 3.67. The minimum absolute atomic E-state index is 0.108. The average molecular weight is 289 g/mol. The van der Waals surface area contributed by atoms with Crippen molar-refractivity contribution in [3.63, 3.8) is 0 Å². The summed E-state index contributed by atoms with van der Waals surface area (Å²) >= 11 is 0. The van der Waals surface area contributed by atoms with Crippen LogP contribution >= 0.6 is 0 Å². The normalized spacial score (nSPS) is 25.6. The van der Waals surface area contributed by atoms with Gasteiger partial charge in [-0.1, -0.05) is 12.8 Å². The van der Waals surface area contributed by atoms with Gasteiger partial charge in [-0.15, -0.1) is 0 Å². The molecule has 20 heavy (non-hydrogen) atoms. The number of aryl methyl sites for hydroxylation is 1. The molecule has 6 heteroatoms. The molecule has 3 unspecified atom stereocenters. The zero-order valence-corrected chi connectivity index (χ0v) is 12.0. The average Bonchev–Trinajstić information content (AvgIpc) is 2.87. The molecule has 0 aromatic carbocycles. The van der Waals surface area contributed by atoms with Crippen LogP contribution in [-0.4, -0.2) is 22.0 Å². The second kappa shape index (κ2) is 6.16. The van der Waals surface area contributed by atoms with E-state index in [-0.39, 0.29) is 12.5 Å². The molecule has 114 valence electrons. The molecular weight excluding hydrogens is 267 g/mol. The van der Waals surface area contributed by atoms with Crippen LogP contribution in [0.2, 0.25) is 0 Å². The van der Waals surface area contributed by atoms with Crippen molar-refractivity contribution >= 4 is 0 Å². The van der Waals surface area contributed by atoms with Crippen molar-refractivity contribution in [2.24, 2.45) is 5.92 Å². The van der Waals surface area contributed by atoms with Gasteiger partial charge in [-0.2, -0.15) is 18.3 Å². The first-order valence-corrected chi connectivity index (χ1v) is 7.27. The van der Waals surface area contributed by atoms with Crippen molar-refractivity contribution in [2.45, 2.75) is 64.3 Å². The van der Waals surface area contributed by atoms with Gasteiger partial charge in [0.25, 0.3) is 0 Å². The quantitative estimate of drug-likeness (QED) is 0.916. The van der Waals surface area contributed by atoms with E-state index in [0.29, 0.717) is 12.8 Å². The molecule has 1 aliphatic carbocycles. The van der Waals surface area contributed by atoms with E-state index >= 15 is 0 Å². The maximum Gasteiger partial charge on any atom is 0.393 e. The van der Waals surface area contributed by atoms with Gasteiger partial charge in [0.2, 0.25) is 0 Å². The standard InChI is InChI=1S/C14H22F3N3/c1-3-20-9-11(8-18-20)10(2)19-13-7-5-4-6-12(13)14(15,16)17/h8-10,12-13,19H,3-7H2,1-2H3. The zero-order valence-electron chi connectivity index (χ0n) is 12.0. The van der Waals surface area contributed by atoms with Crippen LogP contribution in [0.15, 0.2) is 12.4 Å². The molecule has 0 spiro atoms. The second-order valence-electron chi connectivity index (χ2n) is 5.56. The number of aromatic nitrogens is 2. The lowest BCUT2D eigenvalue weighted by Gasteiger charge is -2.35. The van der Waals surface area contributed by atoms with Gasteiger partial charge in [0.15, 0.2) is 0 Å². The van der Waals surface area contributed by atoms with E-state index in [1.165, 1.54) is 0 Å². The van der Waals surface area contributed by atoms with Crippen molar-refractivity contribution in [3.05, 3.63) is 18.0 Å². The summed E-state index contributed by atoms with van der Waals surface area (Å²) in [5.74, 6) is -1.22. The Morgan fingerprint density at radius 1 is 1.40 bits per heavy atom. The topological polar surface area (TPSA) is 29.9 Å². The maximum atomic E-state index is 13.0. The number of halogens is 3. The highest BCUT2D eigenvalue weighted by molar-refractivity contribution is 5.10. The molecule has 0 aliphatic heterocycles. The third kappa shape index (κ3) is 3.53. The fraction of sp³-hybridized carbons (Fsp3) is 0.786. The number of hydrogen-bond donors (Lipinski definition) is 1. The highest BCUT2D eigenvalue weighted by Gasteiger charge is 2.45. The largest absolute Gasteiger partial charge is 0.393 e. The van der Waals surface area contributed by atoms with Crippen LogP contribution in [0.4, 0.5) is 13.2 Å². The molecule has 0 amide bonds. The SMILES string of the molecule is CCn1cc(C(C)NC2CCCCC2C(F)(F)F)cn1. The van der Waals surface area contributed by atoms with Gasteiger partial charge < -0.3 is 5.32 Å². The molecule has 2 rings (SSSR count). The molecule has 1 heterocycles. The van der Waals surface area contributed by atoms with Crippen LogP contribution in [0.25, 0.3) is 0 Å². The molecule has 0 saturated heterocycles. The molecule has 0 bridgehead atoms. The Kier molecular flexibility index (Phi) is 4.73. The lowest BCUT2D eigenvalue weighted by atomic mass is 9.83. The second-order valence-corrected chi connectivity index (χ2v) is 5.56. The number of rotatable bonds is 4. The molecule has 0 radical (unpaired) electrons. The Morgan fingerprint density at radius 3 is 2.70 bits per heavy atom. The summed E-state index contributed by atoms with van der Waals surface area (Å²) in [4.78, 5) is 0. The minimum atomic E-state index is -4.11. The Morgan fingerprint density at radius 2 is 2.10 bits per heavy atom. The third-order valence-corrected chi connectivity index (χ3v) is 4.13. The van der Waals surface area contributed by atoms with Crippen LogP contribution in [0, 0.1) is 5.92 Å². The summed E-state index contributed by atoms with van der Waals surface area (Å²) in [5, 5.41) is 7.33. The lowest BCUT2D eigenvalue weighted by Crippen LogP contribution is -2.46. The Hall–Kier alpha value is -1.04. The van der Waals surface area contributed by atoms with Crippen molar-refractivity contribution in [1.29, 1.82) is 0 Å². The number of nitrogens with zero attached hydrogens (tertiary/aromatic N) is 2. The first-order valence-electron chi connectivity index (χ1n) is 7.27. The van der Waals surface area contributed by atoms with Gasteiger partial charge in [0, 0.05) is 30.4 Å². The van der Waals surface area contributed by atoms with E-state index in [4.69, 9.17) is 0 Å². The molecule has 1 aliphatic rings. The summed E-state index contributed by atoms with van der Waals surface area (Å²) < 4.78 is 40.9. The molecule has 1 aromatic rings. The molecule has 1 aromatic heterocycles. The summed E-state index contributed by atoms with van der Waals surface area (Å²) in [6.07, 6.45) is 1.88. The molecular formula is C14H22F3N3. The van der Waals surface area contributed by atoms with Crippen LogP contribution in [-0.2, 0) is 6.54 Å². The van der Waals surface area contributed by atoms with Crippen molar-refractivity contribution < 1.29 is 13.2 Å². The summed E-state index contributed by atoms with van der Waals surface area (Å²) in [6.45, 7) is 4.65. The summed E-state index contributed by atoms with van der Waals surface area (Å²) in [5.41, 5.74) is 0.943. The van der Waals surface area contributed by atoms with Gasteiger partial charge in [0.05, 0.1) is 12.1 Å². The molecule has 1 N–H and O–H groups in total. The predicted molar refractivity (Wildman–Crippen MR) is 71.3 cm³/mol. The number of alkyl halides is 3. The number of nitrogens with one attached hydrogen (secondary N) is 1. The van der Waals surface area contributed by atoms with Crippen LogP contribution in [0.1, 0.15) is 51.1 Å². The molecule has 3 nitrogen and oxygen atoms in total. The maximum absolute atomic E-state index is 13.0. The molecule has 1 fully saturated rings. The first-order chi connectivity index (χ1) is 9.41.